The Labute approximate surface area is 148 Å². The summed E-state index contributed by atoms with van der Waals surface area (Å²) < 4.78 is 0. The molecule has 4 saturated heterocycles. The minimum absolute atomic E-state index is 0.0814. The maximum Gasteiger partial charge on any atom is 0.251 e. The molecule has 130 valence electrons. The van der Waals surface area contributed by atoms with E-state index in [4.69, 9.17) is 0 Å². The predicted octanol–water partition coefficient (Wildman–Crippen LogP) is 2.70. The number of carbonyl (C=O) groups excluding carboxylic acids is 1. The maximum atomic E-state index is 12.5. The first-order chi connectivity index (χ1) is 11.7. The Hall–Kier alpha value is -1.04. The van der Waals surface area contributed by atoms with E-state index in [9.17, 15) is 4.79 Å². The summed E-state index contributed by atoms with van der Waals surface area (Å²) in [5, 5.41) is 7.36. The zero-order valence-electron chi connectivity index (χ0n) is 14.3. The molecule has 1 aromatic carbocycles. The van der Waals surface area contributed by atoms with Crippen molar-refractivity contribution in [3.8, 4) is 0 Å². The van der Waals surface area contributed by atoms with Crippen molar-refractivity contribution in [2.24, 2.45) is 5.92 Å². The summed E-state index contributed by atoms with van der Waals surface area (Å²) >= 11 is 1.87. The second kappa shape index (κ2) is 7.06. The summed E-state index contributed by atoms with van der Waals surface area (Å²) in [6.45, 7) is 5.67. The van der Waals surface area contributed by atoms with Gasteiger partial charge in [-0.3, -0.25) is 4.79 Å². The number of piperidine rings is 3. The van der Waals surface area contributed by atoms with E-state index in [0.29, 0.717) is 23.4 Å². The number of nitrogens with zero attached hydrogens (tertiary/aromatic N) is 1. The van der Waals surface area contributed by atoms with Crippen molar-refractivity contribution in [2.45, 2.75) is 55.0 Å². The van der Waals surface area contributed by atoms with Crippen LogP contribution >= 0.6 is 11.8 Å². The molecule has 1 amide bonds. The summed E-state index contributed by atoms with van der Waals surface area (Å²) in [6.07, 6.45) is 4.92. The summed E-state index contributed by atoms with van der Waals surface area (Å²) in [4.78, 5) is 16.2. The molecule has 5 heteroatoms. The van der Waals surface area contributed by atoms with Gasteiger partial charge in [0.25, 0.3) is 5.91 Å². The third-order valence-electron chi connectivity index (χ3n) is 5.70. The molecule has 4 aliphatic heterocycles. The molecule has 0 aromatic heterocycles. The van der Waals surface area contributed by atoms with Gasteiger partial charge in [-0.15, -0.1) is 11.8 Å². The van der Waals surface area contributed by atoms with Gasteiger partial charge in [-0.05, 0) is 75.9 Å². The molecule has 0 aliphatic carbocycles. The average molecular weight is 346 g/mol. The van der Waals surface area contributed by atoms with Gasteiger partial charge < -0.3 is 15.5 Å². The summed E-state index contributed by atoms with van der Waals surface area (Å²) in [6, 6.07) is 9.06. The van der Waals surface area contributed by atoms with Gasteiger partial charge in [0.15, 0.2) is 0 Å². The highest BCUT2D eigenvalue weighted by Gasteiger charge is 2.34. The van der Waals surface area contributed by atoms with E-state index >= 15 is 0 Å². The second-order valence-corrected chi connectivity index (χ2v) is 8.77. The van der Waals surface area contributed by atoms with E-state index in [0.717, 1.165) is 12.1 Å². The number of rotatable bonds is 4. The van der Waals surface area contributed by atoms with Gasteiger partial charge in [-0.25, -0.2) is 0 Å². The molecule has 4 nitrogen and oxygen atoms in total. The monoisotopic (exact) mass is 345 g/mol. The largest absolute Gasteiger partial charge is 0.348 e. The molecule has 2 unspecified atom stereocenters. The summed E-state index contributed by atoms with van der Waals surface area (Å²) in [5.74, 6) is 0.752. The van der Waals surface area contributed by atoms with Crippen LogP contribution in [0.3, 0.4) is 0 Å². The van der Waals surface area contributed by atoms with Crippen LogP contribution in [0.25, 0.3) is 0 Å². The van der Waals surface area contributed by atoms with E-state index in [-0.39, 0.29) is 5.91 Å². The van der Waals surface area contributed by atoms with Crippen molar-refractivity contribution in [3.05, 3.63) is 29.8 Å². The normalized spacial score (nSPS) is 35.1. The molecule has 4 fully saturated rings. The number of benzene rings is 1. The van der Waals surface area contributed by atoms with E-state index < -0.39 is 0 Å². The zero-order chi connectivity index (χ0) is 16.5. The third kappa shape index (κ3) is 3.63. The molecular formula is C19H27N3OS. The van der Waals surface area contributed by atoms with Crippen LogP contribution < -0.4 is 10.6 Å². The maximum absolute atomic E-state index is 12.5. The fourth-order valence-corrected chi connectivity index (χ4v) is 5.38. The van der Waals surface area contributed by atoms with Crippen LogP contribution in [0.5, 0.6) is 0 Å². The first-order valence-corrected chi connectivity index (χ1v) is 10.1. The minimum atomic E-state index is 0.0814. The Morgan fingerprint density at radius 2 is 1.92 bits per heavy atom. The van der Waals surface area contributed by atoms with Crippen LogP contribution in [0, 0.1) is 5.92 Å². The van der Waals surface area contributed by atoms with Crippen molar-refractivity contribution >= 4 is 17.7 Å². The van der Waals surface area contributed by atoms with Crippen LogP contribution in [0.15, 0.2) is 29.2 Å². The van der Waals surface area contributed by atoms with E-state index in [1.807, 2.05) is 23.9 Å². The SMILES string of the molecule is CC1CCC(Sc2ccc(C(=O)N[C@H]3CN4CCC3CC4)cc2)N1. The van der Waals surface area contributed by atoms with Gasteiger partial charge >= 0.3 is 0 Å². The molecule has 4 aliphatic rings. The van der Waals surface area contributed by atoms with Crippen LogP contribution in [-0.2, 0) is 0 Å². The first-order valence-electron chi connectivity index (χ1n) is 9.23. The number of thioether (sulfide) groups is 1. The Morgan fingerprint density at radius 3 is 2.50 bits per heavy atom. The fourth-order valence-electron chi connectivity index (χ4n) is 4.21. The number of hydrogen-bond acceptors (Lipinski definition) is 4. The number of nitrogens with one attached hydrogen (secondary N) is 2. The fraction of sp³-hybridized carbons (Fsp3) is 0.632. The molecule has 2 N–H and O–H groups in total. The summed E-state index contributed by atoms with van der Waals surface area (Å²) in [5.41, 5.74) is 0.781. The number of hydrogen-bond donors (Lipinski definition) is 2. The van der Waals surface area contributed by atoms with E-state index in [1.165, 1.54) is 43.7 Å². The van der Waals surface area contributed by atoms with Crippen LogP contribution in [-0.4, -0.2) is 47.9 Å². The minimum Gasteiger partial charge on any atom is -0.348 e. The van der Waals surface area contributed by atoms with Gasteiger partial charge in [0.1, 0.15) is 0 Å². The molecule has 2 bridgehead atoms. The lowest BCUT2D eigenvalue weighted by atomic mass is 9.84. The molecule has 3 atom stereocenters. The van der Waals surface area contributed by atoms with Gasteiger partial charge in [0, 0.05) is 29.1 Å². The summed E-state index contributed by atoms with van der Waals surface area (Å²) in [7, 11) is 0. The van der Waals surface area contributed by atoms with Crippen molar-refractivity contribution in [2.75, 3.05) is 19.6 Å². The zero-order valence-corrected chi connectivity index (χ0v) is 15.1. The van der Waals surface area contributed by atoms with E-state index in [2.05, 4.69) is 34.6 Å². The Balaban J connectivity index is 1.33. The van der Waals surface area contributed by atoms with Gasteiger partial charge in [0.2, 0.25) is 0 Å². The van der Waals surface area contributed by atoms with Crippen LogP contribution in [0.2, 0.25) is 0 Å². The average Bonchev–Trinajstić information content (AvgIpc) is 3.01. The lowest BCUT2D eigenvalue weighted by Crippen LogP contribution is -2.57. The smallest absolute Gasteiger partial charge is 0.251 e. The highest BCUT2D eigenvalue weighted by molar-refractivity contribution is 7.99. The van der Waals surface area contributed by atoms with Crippen LogP contribution in [0.1, 0.15) is 43.0 Å². The highest BCUT2D eigenvalue weighted by atomic mass is 32.2. The molecule has 0 radical (unpaired) electrons. The number of amides is 1. The lowest BCUT2D eigenvalue weighted by Gasteiger charge is -2.44. The number of carbonyl (C=O) groups is 1. The van der Waals surface area contributed by atoms with Gasteiger partial charge in [0.05, 0.1) is 5.37 Å². The van der Waals surface area contributed by atoms with Crippen molar-refractivity contribution in [1.29, 1.82) is 0 Å². The molecule has 0 saturated carbocycles. The topological polar surface area (TPSA) is 44.4 Å². The lowest BCUT2D eigenvalue weighted by molar-refractivity contribution is 0.0620. The van der Waals surface area contributed by atoms with Gasteiger partial charge in [-0.2, -0.15) is 0 Å². The van der Waals surface area contributed by atoms with Crippen LogP contribution in [0.4, 0.5) is 0 Å². The first kappa shape index (κ1) is 16.4. The second-order valence-electron chi connectivity index (χ2n) is 7.49. The predicted molar refractivity (Wildman–Crippen MR) is 98.3 cm³/mol. The quantitative estimate of drug-likeness (QED) is 0.881. The Bertz CT molecular complexity index is 583. The van der Waals surface area contributed by atoms with Crippen molar-refractivity contribution < 1.29 is 4.79 Å². The van der Waals surface area contributed by atoms with Crippen molar-refractivity contribution in [1.82, 2.24) is 15.5 Å². The molecule has 1 aromatic rings. The Kier molecular flexibility index (Phi) is 4.83. The number of fused-ring (bicyclic) bond motifs is 3. The molecular weight excluding hydrogens is 318 g/mol. The van der Waals surface area contributed by atoms with Crippen molar-refractivity contribution in [3.63, 3.8) is 0 Å². The molecule has 0 spiro atoms. The van der Waals surface area contributed by atoms with Gasteiger partial charge in [-0.1, -0.05) is 0 Å². The Morgan fingerprint density at radius 1 is 1.17 bits per heavy atom. The molecule has 24 heavy (non-hydrogen) atoms. The third-order valence-corrected chi connectivity index (χ3v) is 6.90. The van der Waals surface area contributed by atoms with E-state index in [1.54, 1.807) is 0 Å². The highest BCUT2D eigenvalue weighted by Crippen LogP contribution is 2.30. The standard InChI is InChI=1S/C19H27N3OS/c1-13-2-7-18(20-13)24-16-5-3-15(4-6-16)19(23)21-17-12-22-10-8-14(17)9-11-22/h3-6,13-14,17-18,20H,2,7-12H2,1H3,(H,21,23)/t13?,17-,18?/m0/s1. The molecule has 4 heterocycles. The molecule has 5 rings (SSSR count).